The topological polar surface area (TPSA) is 0 Å². The van der Waals surface area contributed by atoms with Crippen LogP contribution in [0.15, 0.2) is 24.3 Å². The molecule has 1 heteroatoms. The van der Waals surface area contributed by atoms with Crippen LogP contribution in [-0.2, 0) is 5.41 Å². The van der Waals surface area contributed by atoms with Gasteiger partial charge in [-0.3, -0.25) is 0 Å². The van der Waals surface area contributed by atoms with Gasteiger partial charge in [-0.1, -0.05) is 63.3 Å². The Morgan fingerprint density at radius 3 is 1.69 bits per heavy atom. The van der Waals surface area contributed by atoms with E-state index < -0.39 is 8.80 Å². The third-order valence-electron chi connectivity index (χ3n) is 2.44. The fourth-order valence-electron chi connectivity index (χ4n) is 1.37. The molecule has 0 aliphatic rings. The second-order valence-corrected chi connectivity index (χ2v) is 8.00. The molecule has 0 bridgehead atoms. The summed E-state index contributed by atoms with van der Waals surface area (Å²) in [6.45, 7) is 11.5. The van der Waals surface area contributed by atoms with Gasteiger partial charge < -0.3 is 0 Å². The third kappa shape index (κ3) is 2.70. The van der Waals surface area contributed by atoms with Gasteiger partial charge >= 0.3 is 0 Å². The summed E-state index contributed by atoms with van der Waals surface area (Å²) in [6.07, 6.45) is 0. The molecule has 0 saturated heterocycles. The van der Waals surface area contributed by atoms with Crippen LogP contribution in [0, 0.1) is 0 Å². The van der Waals surface area contributed by atoms with Crippen LogP contribution < -0.4 is 5.19 Å². The molecule has 1 rings (SSSR count). The summed E-state index contributed by atoms with van der Waals surface area (Å²) >= 11 is 0. The lowest BCUT2D eigenvalue weighted by atomic mass is 9.87. The molecule has 0 atom stereocenters. The molecule has 13 heavy (non-hydrogen) atoms. The lowest BCUT2D eigenvalue weighted by Gasteiger charge is -2.19. The summed E-state index contributed by atoms with van der Waals surface area (Å²) in [5.74, 6) is 0. The van der Waals surface area contributed by atoms with E-state index in [1.165, 1.54) is 5.56 Å². The molecule has 0 aromatic heterocycles. The summed E-state index contributed by atoms with van der Waals surface area (Å²) in [5, 5.41) is 1.56. The smallest absolute Gasteiger partial charge is 0.0647 e. The fourth-order valence-corrected chi connectivity index (χ4v) is 2.33. The Hall–Kier alpha value is -0.563. The summed E-state index contributed by atoms with van der Waals surface area (Å²) in [4.78, 5) is 0. The Morgan fingerprint density at radius 2 is 1.38 bits per heavy atom. The lowest BCUT2D eigenvalue weighted by Crippen LogP contribution is -2.23. The van der Waals surface area contributed by atoms with E-state index in [2.05, 4.69) is 58.1 Å². The maximum Gasteiger partial charge on any atom is 0.0647 e. The van der Waals surface area contributed by atoms with Crippen LogP contribution >= 0.6 is 0 Å². The normalized spacial score (nSPS) is 12.2. The standard InChI is InChI=1S/C12H20Si/c1-12(2,3)10-6-8-11(9-7-10)13(4)5/h6-9,13H,1-5H3. The highest BCUT2D eigenvalue weighted by molar-refractivity contribution is 6.70. The van der Waals surface area contributed by atoms with Crippen molar-refractivity contribution >= 4 is 14.0 Å². The molecule has 0 N–H and O–H groups in total. The van der Waals surface area contributed by atoms with E-state index in [1.54, 1.807) is 5.19 Å². The van der Waals surface area contributed by atoms with E-state index >= 15 is 0 Å². The van der Waals surface area contributed by atoms with Gasteiger partial charge in [0.1, 0.15) is 0 Å². The van der Waals surface area contributed by atoms with E-state index in [1.807, 2.05) is 0 Å². The molecule has 0 fully saturated rings. The van der Waals surface area contributed by atoms with Gasteiger partial charge in [0.05, 0.1) is 8.80 Å². The zero-order valence-electron chi connectivity index (χ0n) is 9.39. The Balaban J connectivity index is 2.94. The van der Waals surface area contributed by atoms with Gasteiger partial charge in [-0.2, -0.15) is 0 Å². The quantitative estimate of drug-likeness (QED) is 0.600. The molecule has 0 unspecified atom stereocenters. The SMILES string of the molecule is C[SiH](C)c1ccc(C(C)(C)C)cc1. The maximum absolute atomic E-state index is 2.37. The van der Waals surface area contributed by atoms with Crippen molar-refractivity contribution in [2.75, 3.05) is 0 Å². The molecule has 0 aliphatic carbocycles. The van der Waals surface area contributed by atoms with Crippen molar-refractivity contribution in [1.82, 2.24) is 0 Å². The highest BCUT2D eigenvalue weighted by Crippen LogP contribution is 2.20. The van der Waals surface area contributed by atoms with Gasteiger partial charge in [0.2, 0.25) is 0 Å². The maximum atomic E-state index is 2.37. The molecule has 0 saturated carbocycles. The van der Waals surface area contributed by atoms with Crippen LogP contribution in [0.25, 0.3) is 0 Å². The molecule has 1 aromatic rings. The summed E-state index contributed by atoms with van der Waals surface area (Å²) in [5.41, 5.74) is 1.72. The van der Waals surface area contributed by atoms with Gasteiger partial charge in [-0.05, 0) is 11.0 Å². The van der Waals surface area contributed by atoms with Crippen molar-refractivity contribution in [3.05, 3.63) is 29.8 Å². The molecule has 0 spiro atoms. The second-order valence-electron chi connectivity index (χ2n) is 5.03. The summed E-state index contributed by atoms with van der Waals surface area (Å²) < 4.78 is 0. The predicted octanol–water partition coefficient (Wildman–Crippen LogP) is 2.68. The number of benzene rings is 1. The first-order valence-electron chi connectivity index (χ1n) is 5.01. The van der Waals surface area contributed by atoms with Crippen molar-refractivity contribution in [2.45, 2.75) is 39.3 Å². The lowest BCUT2D eigenvalue weighted by molar-refractivity contribution is 0.590. The molecule has 0 nitrogen and oxygen atoms in total. The van der Waals surface area contributed by atoms with Crippen molar-refractivity contribution in [2.24, 2.45) is 0 Å². The molecule has 1 aromatic carbocycles. The van der Waals surface area contributed by atoms with Crippen LogP contribution in [0.2, 0.25) is 13.1 Å². The fraction of sp³-hybridized carbons (Fsp3) is 0.500. The average molecular weight is 192 g/mol. The van der Waals surface area contributed by atoms with Crippen molar-refractivity contribution in [3.63, 3.8) is 0 Å². The van der Waals surface area contributed by atoms with Crippen LogP contribution in [-0.4, -0.2) is 8.80 Å². The first kappa shape index (κ1) is 10.5. The van der Waals surface area contributed by atoms with Crippen LogP contribution in [0.3, 0.4) is 0 Å². The molecule has 0 amide bonds. The molecule has 72 valence electrons. The van der Waals surface area contributed by atoms with Crippen LogP contribution in [0.1, 0.15) is 26.3 Å². The van der Waals surface area contributed by atoms with Gasteiger partial charge in [0.15, 0.2) is 0 Å². The Kier molecular flexibility index (Phi) is 2.97. The van der Waals surface area contributed by atoms with Gasteiger partial charge in [0, 0.05) is 0 Å². The molecule has 0 aliphatic heterocycles. The number of hydrogen-bond donors (Lipinski definition) is 0. The molecular weight excluding hydrogens is 172 g/mol. The van der Waals surface area contributed by atoms with Gasteiger partial charge in [0.25, 0.3) is 0 Å². The summed E-state index contributed by atoms with van der Waals surface area (Å²) in [6, 6.07) is 9.17. The Labute approximate surface area is 83.6 Å². The minimum atomic E-state index is -0.603. The van der Waals surface area contributed by atoms with E-state index in [0.29, 0.717) is 0 Å². The van der Waals surface area contributed by atoms with E-state index in [-0.39, 0.29) is 5.41 Å². The predicted molar refractivity (Wildman–Crippen MR) is 63.7 cm³/mol. The van der Waals surface area contributed by atoms with E-state index in [0.717, 1.165) is 0 Å². The average Bonchev–Trinajstić information content (AvgIpc) is 2.03. The van der Waals surface area contributed by atoms with Crippen molar-refractivity contribution in [1.29, 1.82) is 0 Å². The highest BCUT2D eigenvalue weighted by Gasteiger charge is 2.13. The monoisotopic (exact) mass is 192 g/mol. The zero-order chi connectivity index (χ0) is 10.1. The number of hydrogen-bond acceptors (Lipinski definition) is 0. The molecule has 0 heterocycles. The van der Waals surface area contributed by atoms with Gasteiger partial charge in [-0.25, -0.2) is 0 Å². The Bertz CT molecular complexity index is 264. The summed E-state index contributed by atoms with van der Waals surface area (Å²) in [7, 11) is -0.603. The van der Waals surface area contributed by atoms with Crippen LogP contribution in [0.4, 0.5) is 0 Å². The highest BCUT2D eigenvalue weighted by atomic mass is 28.3. The first-order valence-corrected chi connectivity index (χ1v) is 7.90. The zero-order valence-corrected chi connectivity index (χ0v) is 10.5. The molecule has 0 radical (unpaired) electrons. The second kappa shape index (κ2) is 3.67. The number of rotatable bonds is 1. The molecular formula is C12H20Si. The Morgan fingerprint density at radius 1 is 0.923 bits per heavy atom. The van der Waals surface area contributed by atoms with Gasteiger partial charge in [-0.15, -0.1) is 0 Å². The van der Waals surface area contributed by atoms with E-state index in [9.17, 15) is 0 Å². The van der Waals surface area contributed by atoms with Crippen molar-refractivity contribution in [3.8, 4) is 0 Å². The third-order valence-corrected chi connectivity index (χ3v) is 4.16. The van der Waals surface area contributed by atoms with Crippen LogP contribution in [0.5, 0.6) is 0 Å². The van der Waals surface area contributed by atoms with Crippen molar-refractivity contribution < 1.29 is 0 Å². The largest absolute Gasteiger partial charge is 0.0682 e. The van der Waals surface area contributed by atoms with E-state index in [4.69, 9.17) is 0 Å². The first-order chi connectivity index (χ1) is 5.91. The minimum Gasteiger partial charge on any atom is -0.0682 e. The minimum absolute atomic E-state index is 0.289.